The molecule has 1 amide bonds. The van der Waals surface area contributed by atoms with Gasteiger partial charge in [-0.05, 0) is 67.4 Å². The number of sulfonamides is 1. The Kier molecular flexibility index (Phi) is 8.54. The summed E-state index contributed by atoms with van der Waals surface area (Å²) in [5.74, 6) is 1.39. The fourth-order valence-corrected chi connectivity index (χ4v) is 4.81. The van der Waals surface area contributed by atoms with Crippen molar-refractivity contribution in [1.29, 1.82) is 0 Å². The Bertz CT molecular complexity index is 1440. The summed E-state index contributed by atoms with van der Waals surface area (Å²) >= 11 is 1.28. The number of nitrogens with one attached hydrogen (secondary N) is 1. The molecular formula is C25H26N6O4S2. The monoisotopic (exact) mass is 538 g/mol. The first kappa shape index (κ1) is 26.3. The van der Waals surface area contributed by atoms with E-state index in [2.05, 4.69) is 20.5 Å². The van der Waals surface area contributed by atoms with E-state index >= 15 is 0 Å². The lowest BCUT2D eigenvalue weighted by Crippen LogP contribution is -2.27. The molecule has 0 aliphatic rings. The van der Waals surface area contributed by atoms with Gasteiger partial charge < -0.3 is 10.1 Å². The molecule has 192 valence electrons. The fraction of sp³-hybridized carbons (Fsp3) is 0.200. The van der Waals surface area contributed by atoms with E-state index in [1.54, 1.807) is 24.5 Å². The van der Waals surface area contributed by atoms with E-state index in [0.29, 0.717) is 30.6 Å². The molecule has 0 unspecified atom stereocenters. The van der Waals surface area contributed by atoms with E-state index in [0.717, 1.165) is 22.6 Å². The molecule has 0 saturated carbocycles. The number of pyridine rings is 1. The van der Waals surface area contributed by atoms with Crippen LogP contribution in [0.2, 0.25) is 0 Å². The highest BCUT2D eigenvalue weighted by atomic mass is 32.2. The molecule has 37 heavy (non-hydrogen) atoms. The Morgan fingerprint density at radius 2 is 1.73 bits per heavy atom. The summed E-state index contributed by atoms with van der Waals surface area (Å²) in [6, 6.07) is 17.6. The summed E-state index contributed by atoms with van der Waals surface area (Å²) < 4.78 is 30.2. The van der Waals surface area contributed by atoms with Gasteiger partial charge >= 0.3 is 0 Å². The number of carbonyl (C=O) groups is 1. The topological polar surface area (TPSA) is 142 Å². The van der Waals surface area contributed by atoms with Crippen LogP contribution in [0, 0.1) is 0 Å². The lowest BCUT2D eigenvalue weighted by Gasteiger charge is -2.11. The quantitative estimate of drug-likeness (QED) is 0.278. The van der Waals surface area contributed by atoms with Crippen molar-refractivity contribution in [3.63, 3.8) is 0 Å². The summed E-state index contributed by atoms with van der Waals surface area (Å²) in [4.78, 5) is 16.7. The Morgan fingerprint density at radius 3 is 2.38 bits per heavy atom. The Balaban J connectivity index is 1.42. The molecule has 0 aliphatic heterocycles. The predicted molar refractivity (Wildman–Crippen MR) is 141 cm³/mol. The maximum Gasteiger partial charge on any atom is 0.238 e. The zero-order valence-corrected chi connectivity index (χ0v) is 21.7. The van der Waals surface area contributed by atoms with Crippen LogP contribution in [-0.4, -0.2) is 53.0 Å². The number of benzene rings is 2. The summed E-state index contributed by atoms with van der Waals surface area (Å²) in [6.45, 7) is 2.91. The Morgan fingerprint density at radius 1 is 1.03 bits per heavy atom. The van der Waals surface area contributed by atoms with Gasteiger partial charge in [0, 0.05) is 30.2 Å². The SMILES string of the molecule is CCOc1ccc(-n2c(SCC(=O)NCCc3ccc(S(N)(=O)=O)cc3)nnc2-c2ccncc2)cc1. The van der Waals surface area contributed by atoms with Crippen LogP contribution in [0.3, 0.4) is 0 Å². The van der Waals surface area contributed by atoms with Crippen LogP contribution in [-0.2, 0) is 21.2 Å². The highest BCUT2D eigenvalue weighted by Crippen LogP contribution is 2.28. The zero-order valence-electron chi connectivity index (χ0n) is 20.1. The van der Waals surface area contributed by atoms with Crippen LogP contribution in [0.25, 0.3) is 17.1 Å². The lowest BCUT2D eigenvalue weighted by molar-refractivity contribution is -0.118. The van der Waals surface area contributed by atoms with Crippen molar-refractivity contribution in [1.82, 2.24) is 25.1 Å². The second-order valence-corrected chi connectivity index (χ2v) is 10.4. The molecule has 0 fully saturated rings. The number of amides is 1. The van der Waals surface area contributed by atoms with Crippen LogP contribution >= 0.6 is 11.8 Å². The molecule has 4 rings (SSSR count). The van der Waals surface area contributed by atoms with Crippen molar-refractivity contribution in [2.45, 2.75) is 23.4 Å². The number of hydrogen-bond donors (Lipinski definition) is 2. The van der Waals surface area contributed by atoms with Crippen LogP contribution in [0.1, 0.15) is 12.5 Å². The van der Waals surface area contributed by atoms with Gasteiger partial charge in [0.1, 0.15) is 5.75 Å². The number of nitrogens with two attached hydrogens (primary N) is 1. The molecule has 0 atom stereocenters. The van der Waals surface area contributed by atoms with E-state index in [1.807, 2.05) is 47.9 Å². The van der Waals surface area contributed by atoms with Crippen molar-refractivity contribution in [3.8, 4) is 22.8 Å². The number of carbonyl (C=O) groups excluding carboxylic acids is 1. The summed E-state index contributed by atoms with van der Waals surface area (Å²) in [5.41, 5.74) is 2.57. The summed E-state index contributed by atoms with van der Waals surface area (Å²) in [6.07, 6.45) is 3.93. The smallest absolute Gasteiger partial charge is 0.238 e. The summed E-state index contributed by atoms with van der Waals surface area (Å²) in [7, 11) is -3.73. The third kappa shape index (κ3) is 6.94. The van der Waals surface area contributed by atoms with E-state index in [1.165, 1.54) is 23.9 Å². The van der Waals surface area contributed by atoms with Crippen LogP contribution in [0.5, 0.6) is 5.75 Å². The number of aromatic nitrogens is 4. The van der Waals surface area contributed by atoms with Gasteiger partial charge in [0.15, 0.2) is 11.0 Å². The van der Waals surface area contributed by atoms with Gasteiger partial charge in [0.05, 0.1) is 17.3 Å². The minimum absolute atomic E-state index is 0.0551. The average Bonchev–Trinajstić information content (AvgIpc) is 3.32. The third-order valence-corrected chi connectivity index (χ3v) is 7.16. The first-order valence-corrected chi connectivity index (χ1v) is 14.0. The molecule has 12 heteroatoms. The maximum atomic E-state index is 12.5. The largest absolute Gasteiger partial charge is 0.494 e. The minimum atomic E-state index is -3.73. The average molecular weight is 539 g/mol. The van der Waals surface area contributed by atoms with Crippen LogP contribution in [0.15, 0.2) is 83.1 Å². The van der Waals surface area contributed by atoms with Crippen molar-refractivity contribution < 1.29 is 17.9 Å². The Labute approximate surface area is 219 Å². The predicted octanol–water partition coefficient (Wildman–Crippen LogP) is 2.83. The standard InChI is InChI=1S/C25H26N6O4S2/c1-2-35-21-7-5-20(6-8-21)31-24(19-12-14-27-15-13-19)29-30-25(31)36-17-23(32)28-16-11-18-3-9-22(10-4-18)37(26,33)34/h3-10,12-15H,2,11,16-17H2,1H3,(H,28,32)(H2,26,33,34). The van der Waals surface area contributed by atoms with Crippen molar-refractivity contribution in [3.05, 3.63) is 78.6 Å². The zero-order chi connectivity index (χ0) is 26.3. The molecule has 0 aliphatic carbocycles. The van der Waals surface area contributed by atoms with Gasteiger partial charge in [0.25, 0.3) is 0 Å². The minimum Gasteiger partial charge on any atom is -0.494 e. The molecule has 4 aromatic rings. The fourth-order valence-electron chi connectivity index (χ4n) is 3.52. The molecule has 2 aromatic carbocycles. The highest BCUT2D eigenvalue weighted by molar-refractivity contribution is 7.99. The molecule has 10 nitrogen and oxygen atoms in total. The van der Waals surface area contributed by atoms with Crippen molar-refractivity contribution in [2.75, 3.05) is 18.9 Å². The second-order valence-electron chi connectivity index (χ2n) is 7.88. The number of rotatable bonds is 11. The molecule has 2 aromatic heterocycles. The first-order valence-electron chi connectivity index (χ1n) is 11.5. The third-order valence-electron chi connectivity index (χ3n) is 5.30. The summed E-state index contributed by atoms with van der Waals surface area (Å²) in [5, 5.41) is 17.3. The normalized spacial score (nSPS) is 11.3. The molecular weight excluding hydrogens is 512 g/mol. The molecule has 0 saturated heterocycles. The number of ether oxygens (including phenoxy) is 1. The maximum absolute atomic E-state index is 12.5. The molecule has 2 heterocycles. The highest BCUT2D eigenvalue weighted by Gasteiger charge is 2.17. The van der Waals surface area contributed by atoms with Crippen molar-refractivity contribution in [2.24, 2.45) is 5.14 Å². The van der Waals surface area contributed by atoms with E-state index < -0.39 is 10.0 Å². The number of hydrogen-bond acceptors (Lipinski definition) is 8. The second kappa shape index (κ2) is 12.0. The van der Waals surface area contributed by atoms with Crippen LogP contribution < -0.4 is 15.2 Å². The Hall–Kier alpha value is -3.74. The molecule has 3 N–H and O–H groups in total. The molecule has 0 bridgehead atoms. The van der Waals surface area contributed by atoms with E-state index in [-0.39, 0.29) is 16.6 Å². The van der Waals surface area contributed by atoms with Gasteiger partial charge in [-0.15, -0.1) is 10.2 Å². The van der Waals surface area contributed by atoms with Gasteiger partial charge in [-0.1, -0.05) is 23.9 Å². The van der Waals surface area contributed by atoms with E-state index in [9.17, 15) is 13.2 Å². The van der Waals surface area contributed by atoms with Gasteiger partial charge in [-0.25, -0.2) is 13.6 Å². The van der Waals surface area contributed by atoms with Crippen molar-refractivity contribution >= 4 is 27.7 Å². The number of nitrogens with zero attached hydrogens (tertiary/aromatic N) is 4. The van der Waals surface area contributed by atoms with Crippen LogP contribution in [0.4, 0.5) is 0 Å². The van der Waals surface area contributed by atoms with Gasteiger partial charge in [0.2, 0.25) is 15.9 Å². The van der Waals surface area contributed by atoms with Gasteiger partial charge in [-0.3, -0.25) is 14.3 Å². The molecule has 0 radical (unpaired) electrons. The molecule has 0 spiro atoms. The number of primary sulfonamides is 1. The first-order chi connectivity index (χ1) is 17.8. The van der Waals surface area contributed by atoms with E-state index in [4.69, 9.17) is 9.88 Å². The number of thioether (sulfide) groups is 1. The lowest BCUT2D eigenvalue weighted by atomic mass is 10.1. The van der Waals surface area contributed by atoms with Gasteiger partial charge in [-0.2, -0.15) is 0 Å².